The van der Waals surface area contributed by atoms with Crippen molar-refractivity contribution in [3.05, 3.63) is 63.8 Å². The fourth-order valence-corrected chi connectivity index (χ4v) is 2.85. The van der Waals surface area contributed by atoms with Crippen molar-refractivity contribution >= 4 is 46.4 Å². The number of nitrogens with zero attached hydrogens (tertiary/aromatic N) is 1. The first-order valence-corrected chi connectivity index (χ1v) is 8.14. The molecule has 0 saturated heterocycles. The molecule has 3 rings (SSSR count). The van der Waals surface area contributed by atoms with Crippen LogP contribution in [0.3, 0.4) is 0 Å². The number of carbonyl (C=O) groups is 2. The van der Waals surface area contributed by atoms with Gasteiger partial charge in [0.1, 0.15) is 16.5 Å². The number of imide groups is 1. The quantitative estimate of drug-likeness (QED) is 0.816. The van der Waals surface area contributed by atoms with Crippen molar-refractivity contribution in [1.82, 2.24) is 0 Å². The fourth-order valence-electron chi connectivity index (χ4n) is 2.48. The summed E-state index contributed by atoms with van der Waals surface area (Å²) in [5.74, 6) is -0.869. The zero-order chi connectivity index (χ0) is 18.1. The summed E-state index contributed by atoms with van der Waals surface area (Å²) in [4.78, 5) is 26.4. The number of carbonyl (C=O) groups excluding carboxylic acids is 2. The van der Waals surface area contributed by atoms with E-state index >= 15 is 0 Å². The number of methoxy groups -OCH3 is 1. The largest absolute Gasteiger partial charge is 0.494 e. The first-order valence-electron chi connectivity index (χ1n) is 7.38. The number of hydrogen-bond donors (Lipinski definition) is 1. The van der Waals surface area contributed by atoms with Crippen molar-refractivity contribution in [2.24, 2.45) is 0 Å². The minimum absolute atomic E-state index is 0.0209. The number of amides is 2. The Balaban J connectivity index is 2.00. The van der Waals surface area contributed by atoms with Gasteiger partial charge in [0, 0.05) is 16.8 Å². The van der Waals surface area contributed by atoms with E-state index in [2.05, 4.69) is 5.32 Å². The second kappa shape index (κ2) is 6.78. The van der Waals surface area contributed by atoms with Gasteiger partial charge in [0.15, 0.2) is 0 Å². The summed E-state index contributed by atoms with van der Waals surface area (Å²) < 4.78 is 5.27. The number of aryl methyl sites for hydroxylation is 1. The molecule has 25 heavy (non-hydrogen) atoms. The topological polar surface area (TPSA) is 58.6 Å². The number of nitrogens with one attached hydrogen (secondary N) is 1. The van der Waals surface area contributed by atoms with Crippen LogP contribution in [0.1, 0.15) is 5.56 Å². The van der Waals surface area contributed by atoms with Gasteiger partial charge in [0.2, 0.25) is 0 Å². The van der Waals surface area contributed by atoms with Gasteiger partial charge >= 0.3 is 0 Å². The lowest BCUT2D eigenvalue weighted by Gasteiger charge is -2.19. The minimum atomic E-state index is -0.620. The van der Waals surface area contributed by atoms with Crippen molar-refractivity contribution in [1.29, 1.82) is 0 Å². The summed E-state index contributed by atoms with van der Waals surface area (Å²) in [5.41, 5.74) is 1.67. The number of ether oxygens (including phenoxy) is 1. The lowest BCUT2D eigenvalue weighted by molar-refractivity contribution is -0.120. The van der Waals surface area contributed by atoms with E-state index in [4.69, 9.17) is 27.9 Å². The van der Waals surface area contributed by atoms with Gasteiger partial charge in [0.25, 0.3) is 11.8 Å². The average molecular weight is 377 g/mol. The highest BCUT2D eigenvalue weighted by atomic mass is 35.5. The molecule has 1 aliphatic rings. The van der Waals surface area contributed by atoms with Crippen LogP contribution in [0.4, 0.5) is 11.4 Å². The lowest BCUT2D eigenvalue weighted by atomic mass is 10.2. The number of para-hydroxylation sites is 1. The summed E-state index contributed by atoms with van der Waals surface area (Å²) in [6, 6.07) is 12.2. The Morgan fingerprint density at radius 3 is 2.36 bits per heavy atom. The first kappa shape index (κ1) is 17.3. The Labute approximate surface area is 154 Å². The Morgan fingerprint density at radius 1 is 1.04 bits per heavy atom. The van der Waals surface area contributed by atoms with Crippen LogP contribution in [0.2, 0.25) is 5.02 Å². The van der Waals surface area contributed by atoms with E-state index in [1.54, 1.807) is 43.3 Å². The molecule has 0 atom stereocenters. The van der Waals surface area contributed by atoms with Crippen LogP contribution >= 0.6 is 23.2 Å². The van der Waals surface area contributed by atoms with Gasteiger partial charge in [-0.3, -0.25) is 9.59 Å². The molecule has 1 N–H and O–H groups in total. The van der Waals surface area contributed by atoms with E-state index in [-0.39, 0.29) is 10.7 Å². The Bertz CT molecular complexity index is 895. The van der Waals surface area contributed by atoms with Crippen LogP contribution in [0.5, 0.6) is 5.75 Å². The Kier molecular flexibility index (Phi) is 4.70. The highest BCUT2D eigenvalue weighted by Crippen LogP contribution is 2.38. The maximum absolute atomic E-state index is 12.8. The molecule has 0 spiro atoms. The molecule has 2 aromatic carbocycles. The molecule has 0 unspecified atom stereocenters. The molecule has 5 nitrogen and oxygen atoms in total. The van der Waals surface area contributed by atoms with Crippen LogP contribution in [0, 0.1) is 6.92 Å². The minimum Gasteiger partial charge on any atom is -0.494 e. The SMILES string of the molecule is COc1cc(Cl)c(C)cc1N1C(=O)C(Cl)=C(Nc2ccccc2)C1=O. The number of hydrogen-bond acceptors (Lipinski definition) is 4. The van der Waals surface area contributed by atoms with Gasteiger partial charge in [-0.1, -0.05) is 41.4 Å². The lowest BCUT2D eigenvalue weighted by Crippen LogP contribution is -2.32. The van der Waals surface area contributed by atoms with Gasteiger partial charge in [-0.05, 0) is 30.7 Å². The number of anilines is 2. The Hall–Kier alpha value is -2.50. The molecule has 0 fully saturated rings. The highest BCUT2D eigenvalue weighted by molar-refractivity contribution is 6.53. The average Bonchev–Trinajstić information content (AvgIpc) is 2.81. The molecule has 1 heterocycles. The molecular formula is C18H14Cl2N2O3. The number of halogens is 2. The maximum atomic E-state index is 12.8. The predicted molar refractivity (Wildman–Crippen MR) is 98.2 cm³/mol. The van der Waals surface area contributed by atoms with Crippen molar-refractivity contribution in [3.63, 3.8) is 0 Å². The maximum Gasteiger partial charge on any atom is 0.283 e. The van der Waals surface area contributed by atoms with Crippen LogP contribution in [-0.4, -0.2) is 18.9 Å². The van der Waals surface area contributed by atoms with Crippen LogP contribution in [0.15, 0.2) is 53.2 Å². The number of rotatable bonds is 4. The third-order valence-corrected chi connectivity index (χ3v) is 4.53. The van der Waals surface area contributed by atoms with E-state index in [9.17, 15) is 9.59 Å². The van der Waals surface area contributed by atoms with Gasteiger partial charge in [0.05, 0.1) is 12.8 Å². The van der Waals surface area contributed by atoms with Crippen LogP contribution in [0.25, 0.3) is 0 Å². The molecule has 0 bridgehead atoms. The van der Waals surface area contributed by atoms with Crippen LogP contribution in [-0.2, 0) is 9.59 Å². The standard InChI is InChI=1S/C18H14Cl2N2O3/c1-10-8-13(14(25-2)9-12(10)19)22-17(23)15(20)16(18(22)24)21-11-6-4-3-5-7-11/h3-9,21H,1-2H3. The summed E-state index contributed by atoms with van der Waals surface area (Å²) in [6.45, 7) is 1.77. The molecule has 0 radical (unpaired) electrons. The Morgan fingerprint density at radius 2 is 1.72 bits per heavy atom. The van der Waals surface area contributed by atoms with E-state index in [0.29, 0.717) is 27.7 Å². The fraction of sp³-hybridized carbons (Fsp3) is 0.111. The van der Waals surface area contributed by atoms with Crippen molar-refractivity contribution in [2.45, 2.75) is 6.92 Å². The molecular weight excluding hydrogens is 363 g/mol. The zero-order valence-electron chi connectivity index (χ0n) is 13.5. The highest BCUT2D eigenvalue weighted by Gasteiger charge is 2.40. The van der Waals surface area contributed by atoms with Crippen molar-refractivity contribution in [3.8, 4) is 5.75 Å². The molecule has 128 valence electrons. The normalized spacial score (nSPS) is 14.3. The van der Waals surface area contributed by atoms with Gasteiger partial charge in [-0.15, -0.1) is 0 Å². The van der Waals surface area contributed by atoms with Crippen LogP contribution < -0.4 is 15.0 Å². The van der Waals surface area contributed by atoms with E-state index in [1.165, 1.54) is 7.11 Å². The molecule has 0 aliphatic carbocycles. The first-order chi connectivity index (χ1) is 11.9. The monoisotopic (exact) mass is 376 g/mol. The summed E-state index contributed by atoms with van der Waals surface area (Å²) in [7, 11) is 1.44. The smallest absolute Gasteiger partial charge is 0.283 e. The van der Waals surface area contributed by atoms with E-state index < -0.39 is 11.8 Å². The second-order valence-electron chi connectivity index (χ2n) is 5.40. The zero-order valence-corrected chi connectivity index (χ0v) is 15.0. The third kappa shape index (κ3) is 3.08. The summed E-state index contributed by atoms with van der Waals surface area (Å²) in [5, 5.41) is 3.20. The van der Waals surface area contributed by atoms with Crippen molar-refractivity contribution < 1.29 is 14.3 Å². The van der Waals surface area contributed by atoms with Gasteiger partial charge in [-0.2, -0.15) is 0 Å². The van der Waals surface area contributed by atoms with Gasteiger partial charge in [-0.25, -0.2) is 4.90 Å². The number of benzene rings is 2. The predicted octanol–water partition coefficient (Wildman–Crippen LogP) is 4.09. The van der Waals surface area contributed by atoms with Crippen molar-refractivity contribution in [2.75, 3.05) is 17.3 Å². The molecule has 2 aromatic rings. The second-order valence-corrected chi connectivity index (χ2v) is 6.18. The van der Waals surface area contributed by atoms with E-state index in [1.807, 2.05) is 6.07 Å². The van der Waals surface area contributed by atoms with Gasteiger partial charge < -0.3 is 10.1 Å². The molecule has 0 aromatic heterocycles. The molecule has 7 heteroatoms. The molecule has 1 aliphatic heterocycles. The summed E-state index contributed by atoms with van der Waals surface area (Å²) in [6.07, 6.45) is 0. The molecule has 2 amide bonds. The van der Waals surface area contributed by atoms with E-state index in [0.717, 1.165) is 4.90 Å². The molecule has 0 saturated carbocycles. The third-order valence-electron chi connectivity index (χ3n) is 3.77. The summed E-state index contributed by atoms with van der Waals surface area (Å²) >= 11 is 12.2.